The van der Waals surface area contributed by atoms with Crippen LogP contribution in [0.2, 0.25) is 0 Å². The molecule has 84 valence electrons. The van der Waals surface area contributed by atoms with E-state index in [2.05, 4.69) is 22.9 Å². The van der Waals surface area contributed by atoms with Crippen LogP contribution in [0, 0.1) is 0 Å². The first-order valence-corrected chi connectivity index (χ1v) is 5.31. The molecule has 0 saturated heterocycles. The van der Waals surface area contributed by atoms with Gasteiger partial charge in [-0.05, 0) is 17.7 Å². The number of aromatic nitrogens is 1. The van der Waals surface area contributed by atoms with Crippen LogP contribution in [0.5, 0.6) is 0 Å². The molecule has 0 aliphatic rings. The van der Waals surface area contributed by atoms with Crippen LogP contribution in [0.4, 0.5) is 0 Å². The third-order valence-corrected chi connectivity index (χ3v) is 2.41. The molecule has 0 fully saturated rings. The molecule has 0 radical (unpaired) electrons. The van der Waals surface area contributed by atoms with E-state index in [1.165, 1.54) is 0 Å². The molecular weight excluding hydrogens is 228 g/mol. The second kappa shape index (κ2) is 4.44. The van der Waals surface area contributed by atoms with Gasteiger partial charge in [-0.1, -0.05) is 6.07 Å². The maximum absolute atomic E-state index is 11.0. The minimum Gasteiger partial charge on any atom is -0.408 e. The van der Waals surface area contributed by atoms with E-state index >= 15 is 0 Å². The van der Waals surface area contributed by atoms with Crippen molar-refractivity contribution in [2.75, 3.05) is 5.75 Å². The molecule has 5 nitrogen and oxygen atoms in total. The molecule has 1 amide bonds. The van der Waals surface area contributed by atoms with E-state index in [1.807, 2.05) is 6.07 Å². The number of carbonyl (C=O) groups excluding carboxylic acids is 1. The maximum Gasteiger partial charge on any atom is 0.417 e. The van der Waals surface area contributed by atoms with Gasteiger partial charge < -0.3 is 9.73 Å². The number of amides is 1. The minimum absolute atomic E-state index is 0.140. The average Bonchev–Trinajstić information content (AvgIpc) is 2.65. The van der Waals surface area contributed by atoms with Crippen LogP contribution in [0.1, 0.15) is 5.56 Å². The van der Waals surface area contributed by atoms with Gasteiger partial charge in [0.15, 0.2) is 5.58 Å². The van der Waals surface area contributed by atoms with Crippen LogP contribution >= 0.6 is 12.6 Å². The summed E-state index contributed by atoms with van der Waals surface area (Å²) in [7, 11) is 0. The lowest BCUT2D eigenvalue weighted by atomic mass is 10.2. The Morgan fingerprint density at radius 2 is 2.31 bits per heavy atom. The molecule has 0 spiro atoms. The molecule has 2 N–H and O–H groups in total. The van der Waals surface area contributed by atoms with Crippen LogP contribution < -0.4 is 11.1 Å². The number of hydrogen-bond donors (Lipinski definition) is 3. The van der Waals surface area contributed by atoms with Crippen molar-refractivity contribution < 1.29 is 9.21 Å². The van der Waals surface area contributed by atoms with Crippen LogP contribution in [0.15, 0.2) is 27.4 Å². The standard InChI is InChI=1S/C10H10N2O3S/c13-9(5-16)11-4-6-1-2-7-8(3-6)15-10(14)12-7/h1-3,16H,4-5H2,(H,11,13)(H,12,14). The maximum atomic E-state index is 11.0. The lowest BCUT2D eigenvalue weighted by molar-refractivity contribution is -0.118. The summed E-state index contributed by atoms with van der Waals surface area (Å²) in [6.45, 7) is 0.393. The van der Waals surface area contributed by atoms with Gasteiger partial charge in [0.1, 0.15) is 0 Å². The van der Waals surface area contributed by atoms with Crippen LogP contribution in [-0.2, 0) is 11.3 Å². The second-order valence-corrected chi connectivity index (χ2v) is 3.60. The van der Waals surface area contributed by atoms with E-state index in [4.69, 9.17) is 4.42 Å². The van der Waals surface area contributed by atoms with Crippen molar-refractivity contribution in [3.8, 4) is 0 Å². The Hall–Kier alpha value is -1.69. The zero-order valence-electron chi connectivity index (χ0n) is 8.32. The highest BCUT2D eigenvalue weighted by molar-refractivity contribution is 7.81. The van der Waals surface area contributed by atoms with E-state index in [0.29, 0.717) is 17.6 Å². The fourth-order valence-corrected chi connectivity index (χ4v) is 1.47. The minimum atomic E-state index is -0.480. The molecule has 6 heteroatoms. The normalized spacial score (nSPS) is 10.6. The fraction of sp³-hybridized carbons (Fsp3) is 0.200. The molecule has 0 unspecified atom stereocenters. The predicted octanol–water partition coefficient (Wildman–Crippen LogP) is 0.667. The van der Waals surface area contributed by atoms with Gasteiger partial charge in [0.25, 0.3) is 0 Å². The second-order valence-electron chi connectivity index (χ2n) is 3.28. The first-order valence-electron chi connectivity index (χ1n) is 4.68. The molecule has 0 bridgehead atoms. The SMILES string of the molecule is O=C(CS)NCc1ccc2[nH]c(=O)oc2c1. The van der Waals surface area contributed by atoms with Crippen molar-refractivity contribution in [3.63, 3.8) is 0 Å². The Labute approximate surface area is 96.2 Å². The highest BCUT2D eigenvalue weighted by Crippen LogP contribution is 2.11. The molecule has 1 heterocycles. The van der Waals surface area contributed by atoms with Gasteiger partial charge in [0, 0.05) is 6.54 Å². The van der Waals surface area contributed by atoms with Gasteiger partial charge >= 0.3 is 5.76 Å². The highest BCUT2D eigenvalue weighted by Gasteiger charge is 2.03. The molecule has 1 aromatic carbocycles. The molecule has 16 heavy (non-hydrogen) atoms. The van der Waals surface area contributed by atoms with Crippen molar-refractivity contribution in [2.45, 2.75) is 6.54 Å². The molecule has 2 rings (SSSR count). The summed E-state index contributed by atoms with van der Waals surface area (Å²) >= 11 is 3.85. The molecule has 0 aliphatic heterocycles. The molecule has 0 atom stereocenters. The highest BCUT2D eigenvalue weighted by atomic mass is 32.1. The van der Waals surface area contributed by atoms with Crippen molar-refractivity contribution in [2.24, 2.45) is 0 Å². The number of hydrogen-bond acceptors (Lipinski definition) is 4. The van der Waals surface area contributed by atoms with Crippen LogP contribution in [0.3, 0.4) is 0 Å². The third kappa shape index (κ3) is 2.27. The molecule has 0 aliphatic carbocycles. The molecule has 0 saturated carbocycles. The molecular formula is C10H10N2O3S. The molecule has 1 aromatic heterocycles. The van der Waals surface area contributed by atoms with Gasteiger partial charge in [-0.15, -0.1) is 0 Å². The topological polar surface area (TPSA) is 75.1 Å². The first-order chi connectivity index (χ1) is 7.69. The summed E-state index contributed by atoms with van der Waals surface area (Å²) in [6, 6.07) is 5.26. The van der Waals surface area contributed by atoms with E-state index in [1.54, 1.807) is 12.1 Å². The largest absolute Gasteiger partial charge is 0.417 e. The van der Waals surface area contributed by atoms with Gasteiger partial charge in [-0.2, -0.15) is 12.6 Å². The lowest BCUT2D eigenvalue weighted by Crippen LogP contribution is -2.23. The summed E-state index contributed by atoms with van der Waals surface area (Å²) in [5.74, 6) is -0.466. The number of oxazole rings is 1. The first kappa shape index (κ1) is 10.8. The molecule has 2 aromatic rings. The Balaban J connectivity index is 2.19. The Morgan fingerprint density at radius 3 is 3.06 bits per heavy atom. The predicted molar refractivity (Wildman–Crippen MR) is 62.5 cm³/mol. The van der Waals surface area contributed by atoms with Gasteiger partial charge in [0.05, 0.1) is 11.3 Å². The van der Waals surface area contributed by atoms with Crippen molar-refractivity contribution in [3.05, 3.63) is 34.3 Å². The number of rotatable bonds is 3. The van der Waals surface area contributed by atoms with E-state index in [9.17, 15) is 9.59 Å². The number of benzene rings is 1. The smallest absolute Gasteiger partial charge is 0.408 e. The number of carbonyl (C=O) groups is 1. The number of fused-ring (bicyclic) bond motifs is 1. The van der Waals surface area contributed by atoms with Gasteiger partial charge in [-0.25, -0.2) is 4.79 Å². The summed E-state index contributed by atoms with van der Waals surface area (Å²) in [6.07, 6.45) is 0. The van der Waals surface area contributed by atoms with E-state index in [-0.39, 0.29) is 11.7 Å². The zero-order valence-corrected chi connectivity index (χ0v) is 9.21. The number of H-pyrrole nitrogens is 1. The third-order valence-electron chi connectivity index (χ3n) is 2.12. The monoisotopic (exact) mass is 238 g/mol. The zero-order chi connectivity index (χ0) is 11.5. The summed E-state index contributed by atoms with van der Waals surface area (Å²) in [5.41, 5.74) is 2.00. The van der Waals surface area contributed by atoms with Gasteiger partial charge in [-0.3, -0.25) is 9.78 Å². The summed E-state index contributed by atoms with van der Waals surface area (Å²) < 4.78 is 4.90. The van der Waals surface area contributed by atoms with Crippen LogP contribution in [0.25, 0.3) is 11.1 Å². The number of thiol groups is 1. The summed E-state index contributed by atoms with van der Waals surface area (Å²) in [5, 5.41) is 2.67. The fourth-order valence-electron chi connectivity index (χ4n) is 1.36. The summed E-state index contributed by atoms with van der Waals surface area (Å²) in [4.78, 5) is 24.4. The number of nitrogens with one attached hydrogen (secondary N) is 2. The average molecular weight is 238 g/mol. The number of aromatic amines is 1. The van der Waals surface area contributed by atoms with E-state index in [0.717, 1.165) is 5.56 Å². The van der Waals surface area contributed by atoms with E-state index < -0.39 is 5.76 Å². The van der Waals surface area contributed by atoms with Crippen LogP contribution in [-0.4, -0.2) is 16.6 Å². The Bertz CT molecular complexity index is 573. The van der Waals surface area contributed by atoms with Crippen molar-refractivity contribution in [1.29, 1.82) is 0 Å². The quantitative estimate of drug-likeness (QED) is 0.688. The lowest BCUT2D eigenvalue weighted by Gasteiger charge is -2.02. The Kier molecular flexibility index (Phi) is 3.00. The van der Waals surface area contributed by atoms with Gasteiger partial charge in [0.2, 0.25) is 5.91 Å². The Morgan fingerprint density at radius 1 is 1.50 bits per heavy atom. The van der Waals surface area contributed by atoms with Crippen molar-refractivity contribution in [1.82, 2.24) is 10.3 Å². The van der Waals surface area contributed by atoms with Crippen molar-refractivity contribution >= 4 is 29.6 Å².